The summed E-state index contributed by atoms with van der Waals surface area (Å²) in [5.41, 5.74) is 2.56. The Hall–Kier alpha value is -2.17. The fraction of sp³-hybridized carbons (Fsp3) is 0.412. The molecule has 2 heterocycles. The van der Waals surface area contributed by atoms with Crippen LogP contribution in [0.4, 0.5) is 0 Å². The van der Waals surface area contributed by atoms with Gasteiger partial charge in [-0.15, -0.1) is 24.0 Å². The lowest BCUT2D eigenvalue weighted by Gasteiger charge is -2.29. The van der Waals surface area contributed by atoms with Crippen molar-refractivity contribution < 1.29 is 4.79 Å². The summed E-state index contributed by atoms with van der Waals surface area (Å²) >= 11 is 0. The first-order valence-corrected chi connectivity index (χ1v) is 8.29. The lowest BCUT2D eigenvalue weighted by Crippen LogP contribution is -2.45. The number of amides is 1. The van der Waals surface area contributed by atoms with Gasteiger partial charge >= 0.3 is 0 Å². The van der Waals surface area contributed by atoms with Crippen LogP contribution in [0, 0.1) is 0 Å². The Bertz CT molecular complexity index is 774. The normalized spacial score (nSPS) is 13.6. The molecule has 26 heavy (non-hydrogen) atoms. The third kappa shape index (κ3) is 4.93. The van der Waals surface area contributed by atoms with Gasteiger partial charge in [0, 0.05) is 27.2 Å². The number of hydrogen-bond donors (Lipinski definition) is 2. The van der Waals surface area contributed by atoms with Crippen molar-refractivity contribution in [2.45, 2.75) is 19.5 Å². The van der Waals surface area contributed by atoms with E-state index in [9.17, 15) is 4.79 Å². The minimum absolute atomic E-state index is 0. The minimum atomic E-state index is 0. The number of carbonyl (C=O) groups is 1. The number of carbonyl (C=O) groups excluding carboxylic acids is 1. The highest BCUT2D eigenvalue weighted by Gasteiger charge is 2.20. The largest absolute Gasteiger partial charge is 0.349 e. The van der Waals surface area contributed by atoms with E-state index in [1.54, 1.807) is 11.7 Å². The molecule has 0 unspecified atom stereocenters. The summed E-state index contributed by atoms with van der Waals surface area (Å²) in [5, 5.41) is 10.2. The van der Waals surface area contributed by atoms with Crippen molar-refractivity contribution >= 4 is 35.8 Å². The molecule has 0 saturated carbocycles. The molecule has 9 heteroatoms. The molecular formula is C17H24IN7O. The molecule has 140 valence electrons. The molecule has 0 saturated heterocycles. The first kappa shape index (κ1) is 20.1. The van der Waals surface area contributed by atoms with Gasteiger partial charge in [-0.2, -0.15) is 5.10 Å². The van der Waals surface area contributed by atoms with Crippen LogP contribution in [0.2, 0.25) is 0 Å². The number of nitrogens with one attached hydrogen (secondary N) is 2. The Morgan fingerprint density at radius 3 is 2.73 bits per heavy atom. The van der Waals surface area contributed by atoms with Crippen molar-refractivity contribution in [3.63, 3.8) is 0 Å². The van der Waals surface area contributed by atoms with E-state index in [0.29, 0.717) is 19.0 Å². The first-order chi connectivity index (χ1) is 12.2. The van der Waals surface area contributed by atoms with Crippen LogP contribution in [-0.2, 0) is 31.4 Å². The molecule has 0 spiro atoms. The molecule has 1 amide bonds. The second-order valence-corrected chi connectivity index (χ2v) is 5.91. The second kappa shape index (κ2) is 9.51. The number of aromatic nitrogens is 3. The summed E-state index contributed by atoms with van der Waals surface area (Å²) in [6.45, 7) is 2.12. The molecule has 0 aliphatic carbocycles. The van der Waals surface area contributed by atoms with E-state index >= 15 is 0 Å². The van der Waals surface area contributed by atoms with Gasteiger partial charge in [0.2, 0.25) is 5.91 Å². The predicted molar refractivity (Wildman–Crippen MR) is 110 cm³/mol. The fourth-order valence-electron chi connectivity index (χ4n) is 2.84. The van der Waals surface area contributed by atoms with Crippen molar-refractivity contribution in [1.82, 2.24) is 30.3 Å². The van der Waals surface area contributed by atoms with Gasteiger partial charge in [-0.25, -0.2) is 4.98 Å². The number of halogens is 1. The summed E-state index contributed by atoms with van der Waals surface area (Å²) in [6.07, 6.45) is 2.41. The molecule has 0 radical (unpaired) electrons. The number of fused-ring (bicyclic) bond motifs is 1. The molecule has 1 aliphatic rings. The zero-order valence-corrected chi connectivity index (χ0v) is 17.3. The summed E-state index contributed by atoms with van der Waals surface area (Å²) in [4.78, 5) is 22.6. The lowest BCUT2D eigenvalue weighted by atomic mass is 10.00. The third-order valence-electron chi connectivity index (χ3n) is 4.33. The maximum absolute atomic E-state index is 12.5. The van der Waals surface area contributed by atoms with E-state index in [2.05, 4.69) is 37.8 Å². The summed E-state index contributed by atoms with van der Waals surface area (Å²) < 4.78 is 1.69. The number of benzene rings is 1. The van der Waals surface area contributed by atoms with Crippen molar-refractivity contribution in [2.24, 2.45) is 12.0 Å². The molecule has 8 nitrogen and oxygen atoms in total. The van der Waals surface area contributed by atoms with Gasteiger partial charge in [0.05, 0.1) is 13.1 Å². The first-order valence-electron chi connectivity index (χ1n) is 8.29. The average molecular weight is 469 g/mol. The maximum atomic E-state index is 12.5. The Morgan fingerprint density at radius 2 is 2.04 bits per heavy atom. The van der Waals surface area contributed by atoms with Gasteiger partial charge in [-0.3, -0.25) is 14.5 Å². The monoisotopic (exact) mass is 469 g/mol. The van der Waals surface area contributed by atoms with Crippen molar-refractivity contribution in [3.8, 4) is 0 Å². The Morgan fingerprint density at radius 1 is 1.27 bits per heavy atom. The highest BCUT2D eigenvalue weighted by molar-refractivity contribution is 14.0. The highest BCUT2D eigenvalue weighted by atomic mass is 127. The number of nitrogens with zero attached hydrogens (tertiary/aromatic N) is 5. The number of aliphatic imine (C=N–C) groups is 1. The van der Waals surface area contributed by atoms with Gasteiger partial charge < -0.3 is 15.5 Å². The molecule has 3 rings (SSSR count). The molecule has 1 aromatic carbocycles. The minimum Gasteiger partial charge on any atom is -0.349 e. The molecular weight excluding hydrogens is 445 g/mol. The maximum Gasteiger partial charge on any atom is 0.242 e. The molecule has 0 atom stereocenters. The average Bonchev–Trinajstić information content (AvgIpc) is 3.06. The van der Waals surface area contributed by atoms with Crippen LogP contribution in [0.5, 0.6) is 0 Å². The van der Waals surface area contributed by atoms with Gasteiger partial charge in [0.25, 0.3) is 0 Å². The standard InChI is InChI=1S/C17H23N7O.HI/c1-18-17(19-9-15-21-12-22-23(15)2)20-10-16(25)24-8-7-13-5-3-4-6-14(13)11-24;/h3-6,12H,7-11H2,1-2H3,(H2,18,19,20);1H. The van der Waals surface area contributed by atoms with E-state index in [0.717, 1.165) is 18.8 Å². The summed E-state index contributed by atoms with van der Waals surface area (Å²) in [5.74, 6) is 1.42. The van der Waals surface area contributed by atoms with Gasteiger partial charge in [0.1, 0.15) is 12.2 Å². The third-order valence-corrected chi connectivity index (χ3v) is 4.33. The molecule has 0 fully saturated rings. The number of rotatable bonds is 4. The van der Waals surface area contributed by atoms with Crippen LogP contribution in [0.15, 0.2) is 35.6 Å². The smallest absolute Gasteiger partial charge is 0.242 e. The molecule has 2 aromatic rings. The summed E-state index contributed by atoms with van der Waals surface area (Å²) in [6, 6.07) is 8.28. The Balaban J connectivity index is 0.00000243. The van der Waals surface area contributed by atoms with Crippen molar-refractivity contribution in [3.05, 3.63) is 47.5 Å². The van der Waals surface area contributed by atoms with E-state index in [4.69, 9.17) is 0 Å². The lowest BCUT2D eigenvalue weighted by molar-refractivity contribution is -0.130. The number of aryl methyl sites for hydroxylation is 1. The zero-order valence-electron chi connectivity index (χ0n) is 15.0. The van der Waals surface area contributed by atoms with Crippen LogP contribution in [0.3, 0.4) is 0 Å². The van der Waals surface area contributed by atoms with Crippen LogP contribution in [-0.4, -0.2) is 51.7 Å². The number of hydrogen-bond acceptors (Lipinski definition) is 4. The fourth-order valence-corrected chi connectivity index (χ4v) is 2.84. The Kier molecular flexibility index (Phi) is 7.37. The SMILES string of the molecule is CN=C(NCC(=O)N1CCc2ccccc2C1)NCc1ncnn1C.I. The topological polar surface area (TPSA) is 87.4 Å². The van der Waals surface area contributed by atoms with E-state index in [1.807, 2.05) is 24.1 Å². The van der Waals surface area contributed by atoms with Crippen molar-refractivity contribution in [2.75, 3.05) is 20.1 Å². The van der Waals surface area contributed by atoms with E-state index in [1.165, 1.54) is 17.5 Å². The van der Waals surface area contributed by atoms with Crippen LogP contribution in [0.25, 0.3) is 0 Å². The van der Waals surface area contributed by atoms with E-state index < -0.39 is 0 Å². The van der Waals surface area contributed by atoms with E-state index in [-0.39, 0.29) is 36.4 Å². The van der Waals surface area contributed by atoms with Gasteiger partial charge in [0.15, 0.2) is 5.96 Å². The second-order valence-electron chi connectivity index (χ2n) is 5.91. The van der Waals surface area contributed by atoms with Crippen molar-refractivity contribution in [1.29, 1.82) is 0 Å². The van der Waals surface area contributed by atoms with Crippen LogP contribution >= 0.6 is 24.0 Å². The van der Waals surface area contributed by atoms with Crippen LogP contribution < -0.4 is 10.6 Å². The van der Waals surface area contributed by atoms with Gasteiger partial charge in [-0.05, 0) is 17.5 Å². The quantitative estimate of drug-likeness (QED) is 0.391. The zero-order chi connectivity index (χ0) is 17.6. The molecule has 0 bridgehead atoms. The van der Waals surface area contributed by atoms with Gasteiger partial charge in [-0.1, -0.05) is 24.3 Å². The number of guanidine groups is 1. The predicted octanol–water partition coefficient (Wildman–Crippen LogP) is 0.683. The molecule has 1 aromatic heterocycles. The highest BCUT2D eigenvalue weighted by Crippen LogP contribution is 2.18. The van der Waals surface area contributed by atoms with Crippen LogP contribution in [0.1, 0.15) is 17.0 Å². The molecule has 2 N–H and O–H groups in total. The summed E-state index contributed by atoms with van der Waals surface area (Å²) in [7, 11) is 3.51. The molecule has 1 aliphatic heterocycles. The Labute approximate surface area is 170 Å².